The van der Waals surface area contributed by atoms with Gasteiger partial charge in [0.2, 0.25) is 17.7 Å². The lowest BCUT2D eigenvalue weighted by atomic mass is 10.0. The van der Waals surface area contributed by atoms with Crippen LogP contribution in [0.2, 0.25) is 5.02 Å². The second-order valence-corrected chi connectivity index (χ2v) is 7.10. The maximum absolute atomic E-state index is 11.8. The van der Waals surface area contributed by atoms with E-state index in [1.165, 1.54) is 0 Å². The number of amides is 1. The van der Waals surface area contributed by atoms with E-state index in [1.54, 1.807) is 6.07 Å². The average Bonchev–Trinajstić information content (AvgIpc) is 3.05. The van der Waals surface area contributed by atoms with Crippen LogP contribution in [0.1, 0.15) is 32.6 Å². The van der Waals surface area contributed by atoms with Gasteiger partial charge in [0.15, 0.2) is 0 Å². The van der Waals surface area contributed by atoms with Crippen LogP contribution in [0, 0.1) is 5.92 Å². The summed E-state index contributed by atoms with van der Waals surface area (Å²) in [5.41, 5.74) is 0.748. The highest BCUT2D eigenvalue weighted by Crippen LogP contribution is 2.26. The van der Waals surface area contributed by atoms with Gasteiger partial charge in [-0.05, 0) is 25.0 Å². The molecule has 134 valence electrons. The Balaban J connectivity index is 1.53. The summed E-state index contributed by atoms with van der Waals surface area (Å²) in [4.78, 5) is 14.0. The summed E-state index contributed by atoms with van der Waals surface area (Å²) in [6.45, 7) is 6.23. The molecule has 0 saturated carbocycles. The number of hydrogen-bond donors (Lipinski definition) is 1. The summed E-state index contributed by atoms with van der Waals surface area (Å²) in [5, 5.41) is 11.9. The molecule has 3 rings (SSSR count). The van der Waals surface area contributed by atoms with Gasteiger partial charge < -0.3 is 9.73 Å². The van der Waals surface area contributed by atoms with Gasteiger partial charge in [-0.3, -0.25) is 9.69 Å². The zero-order valence-corrected chi connectivity index (χ0v) is 15.3. The van der Waals surface area contributed by atoms with Crippen molar-refractivity contribution in [1.29, 1.82) is 0 Å². The van der Waals surface area contributed by atoms with Crippen LogP contribution in [0.25, 0.3) is 11.5 Å². The number of halogens is 1. The number of aromatic nitrogens is 2. The highest BCUT2D eigenvalue weighted by Gasteiger charge is 2.23. The summed E-state index contributed by atoms with van der Waals surface area (Å²) >= 11 is 6.17. The Morgan fingerprint density at radius 2 is 2.04 bits per heavy atom. The minimum absolute atomic E-state index is 0.0275. The molecule has 1 saturated heterocycles. The smallest absolute Gasteiger partial charge is 0.249 e. The first-order valence-electron chi connectivity index (χ1n) is 8.63. The van der Waals surface area contributed by atoms with Crippen molar-refractivity contribution in [1.82, 2.24) is 20.4 Å². The van der Waals surface area contributed by atoms with Crippen LogP contribution in [0.3, 0.4) is 0 Å². The van der Waals surface area contributed by atoms with E-state index in [4.69, 9.17) is 16.0 Å². The van der Waals surface area contributed by atoms with Gasteiger partial charge in [0, 0.05) is 25.0 Å². The molecular formula is C18H23ClN4O2. The predicted octanol–water partition coefficient (Wildman–Crippen LogP) is 3.13. The van der Waals surface area contributed by atoms with Gasteiger partial charge in [-0.15, -0.1) is 10.2 Å². The van der Waals surface area contributed by atoms with Crippen LogP contribution < -0.4 is 5.32 Å². The van der Waals surface area contributed by atoms with Crippen LogP contribution in [-0.4, -0.2) is 40.1 Å². The van der Waals surface area contributed by atoms with Gasteiger partial charge in [-0.25, -0.2) is 0 Å². The average molecular weight is 363 g/mol. The van der Waals surface area contributed by atoms with E-state index in [-0.39, 0.29) is 17.9 Å². The largest absolute Gasteiger partial charge is 0.419 e. The second-order valence-electron chi connectivity index (χ2n) is 6.69. The van der Waals surface area contributed by atoms with Crippen molar-refractivity contribution in [2.24, 2.45) is 5.92 Å². The number of hydrogen-bond acceptors (Lipinski definition) is 5. The molecule has 0 bridgehead atoms. The third-order valence-electron chi connectivity index (χ3n) is 4.39. The van der Waals surface area contributed by atoms with Crippen LogP contribution in [0.4, 0.5) is 0 Å². The topological polar surface area (TPSA) is 71.3 Å². The number of nitrogens with zero attached hydrogens (tertiary/aromatic N) is 3. The molecule has 1 N–H and O–H groups in total. The lowest BCUT2D eigenvalue weighted by Crippen LogP contribution is -2.45. The molecule has 2 heterocycles. The van der Waals surface area contributed by atoms with E-state index in [9.17, 15) is 4.79 Å². The third kappa shape index (κ3) is 4.58. The zero-order chi connectivity index (χ0) is 17.8. The van der Waals surface area contributed by atoms with E-state index >= 15 is 0 Å². The van der Waals surface area contributed by atoms with E-state index in [0.717, 1.165) is 31.5 Å². The summed E-state index contributed by atoms with van der Waals surface area (Å²) in [6, 6.07) is 7.68. The normalized spacial score (nSPS) is 16.3. The maximum atomic E-state index is 11.8. The molecule has 1 aromatic carbocycles. The molecule has 0 radical (unpaired) electrons. The Kier molecular flexibility index (Phi) is 5.71. The molecule has 2 aromatic rings. The van der Waals surface area contributed by atoms with Crippen molar-refractivity contribution < 1.29 is 9.21 Å². The van der Waals surface area contributed by atoms with Gasteiger partial charge in [0.25, 0.3) is 0 Å². The molecule has 0 atom stereocenters. The van der Waals surface area contributed by atoms with Crippen molar-refractivity contribution in [3.63, 3.8) is 0 Å². The number of piperidine rings is 1. The number of benzene rings is 1. The summed E-state index contributed by atoms with van der Waals surface area (Å²) < 4.78 is 5.76. The minimum atomic E-state index is 0.0275. The molecule has 1 amide bonds. The van der Waals surface area contributed by atoms with Crippen LogP contribution >= 0.6 is 11.6 Å². The minimum Gasteiger partial charge on any atom is -0.419 e. The fourth-order valence-electron chi connectivity index (χ4n) is 2.86. The maximum Gasteiger partial charge on any atom is 0.249 e. The Labute approximate surface area is 152 Å². The van der Waals surface area contributed by atoms with Gasteiger partial charge >= 0.3 is 0 Å². The highest BCUT2D eigenvalue weighted by atomic mass is 35.5. The van der Waals surface area contributed by atoms with Crippen LogP contribution in [0.5, 0.6) is 0 Å². The van der Waals surface area contributed by atoms with Crippen molar-refractivity contribution in [2.75, 3.05) is 13.1 Å². The molecule has 25 heavy (non-hydrogen) atoms. The third-order valence-corrected chi connectivity index (χ3v) is 4.72. The fourth-order valence-corrected chi connectivity index (χ4v) is 3.07. The van der Waals surface area contributed by atoms with Crippen molar-refractivity contribution in [2.45, 2.75) is 39.3 Å². The zero-order valence-electron chi connectivity index (χ0n) is 14.5. The lowest BCUT2D eigenvalue weighted by Gasteiger charge is -2.31. The van der Waals surface area contributed by atoms with Crippen molar-refractivity contribution in [3.05, 3.63) is 35.2 Å². The van der Waals surface area contributed by atoms with E-state index in [2.05, 4.69) is 20.4 Å². The Bertz CT molecular complexity index is 723. The number of rotatable bonds is 5. The summed E-state index contributed by atoms with van der Waals surface area (Å²) in [5.74, 6) is 1.18. The molecule has 7 heteroatoms. The summed E-state index contributed by atoms with van der Waals surface area (Å²) in [6.07, 6.45) is 1.87. The SMILES string of the molecule is CC(C)C(=O)NC1CCN(Cc2nnc(-c3ccccc3Cl)o2)CC1. The van der Waals surface area contributed by atoms with Crippen molar-refractivity contribution in [3.8, 4) is 11.5 Å². The molecule has 0 aliphatic carbocycles. The molecule has 0 unspecified atom stereocenters. The van der Waals surface area contributed by atoms with Crippen LogP contribution in [-0.2, 0) is 11.3 Å². The monoisotopic (exact) mass is 362 g/mol. The second kappa shape index (κ2) is 7.97. The molecule has 0 spiro atoms. The number of nitrogens with one attached hydrogen (secondary N) is 1. The first kappa shape index (κ1) is 17.9. The summed E-state index contributed by atoms with van der Waals surface area (Å²) in [7, 11) is 0. The van der Waals surface area contributed by atoms with E-state index in [1.807, 2.05) is 32.0 Å². The number of likely N-dealkylation sites (tertiary alicyclic amines) is 1. The van der Waals surface area contributed by atoms with Gasteiger partial charge in [0.05, 0.1) is 17.1 Å². The number of carbonyl (C=O) groups excluding carboxylic acids is 1. The van der Waals surface area contributed by atoms with E-state index < -0.39 is 0 Å². The van der Waals surface area contributed by atoms with Gasteiger partial charge in [0.1, 0.15) is 0 Å². The quantitative estimate of drug-likeness (QED) is 0.884. The van der Waals surface area contributed by atoms with Gasteiger partial charge in [-0.2, -0.15) is 0 Å². The first-order valence-corrected chi connectivity index (χ1v) is 9.00. The standard InChI is InChI=1S/C18H23ClN4O2/c1-12(2)17(24)20-13-7-9-23(10-8-13)11-16-21-22-18(25-16)14-5-3-4-6-15(14)19/h3-6,12-13H,7-11H2,1-2H3,(H,20,24). The van der Waals surface area contributed by atoms with E-state index in [0.29, 0.717) is 23.3 Å². The molecule has 1 aliphatic heterocycles. The Hall–Kier alpha value is -1.92. The highest BCUT2D eigenvalue weighted by molar-refractivity contribution is 6.33. The lowest BCUT2D eigenvalue weighted by molar-refractivity contribution is -0.125. The molecule has 1 aliphatic rings. The predicted molar refractivity (Wildman–Crippen MR) is 96.0 cm³/mol. The molecular weight excluding hydrogens is 340 g/mol. The number of carbonyl (C=O) groups is 1. The Morgan fingerprint density at radius 3 is 2.72 bits per heavy atom. The van der Waals surface area contributed by atoms with Crippen molar-refractivity contribution >= 4 is 17.5 Å². The first-order chi connectivity index (χ1) is 12.0. The Morgan fingerprint density at radius 1 is 1.32 bits per heavy atom. The fraction of sp³-hybridized carbons (Fsp3) is 0.500. The molecule has 6 nitrogen and oxygen atoms in total. The van der Waals surface area contributed by atoms with Gasteiger partial charge in [-0.1, -0.05) is 37.6 Å². The van der Waals surface area contributed by atoms with Crippen LogP contribution in [0.15, 0.2) is 28.7 Å². The molecule has 1 fully saturated rings. The molecule has 1 aromatic heterocycles.